The molecule has 0 amide bonds. The van der Waals surface area contributed by atoms with Crippen molar-refractivity contribution in [1.29, 1.82) is 0 Å². The zero-order valence-electron chi connectivity index (χ0n) is 22.2. The molecule has 3 aromatic rings. The minimum absolute atomic E-state index is 0.0739. The van der Waals surface area contributed by atoms with Crippen molar-refractivity contribution >= 4 is 29.5 Å². The minimum atomic E-state index is -0.469. The van der Waals surface area contributed by atoms with E-state index in [4.69, 9.17) is 14.2 Å². The number of nitro groups is 1. The van der Waals surface area contributed by atoms with E-state index >= 15 is 0 Å². The van der Waals surface area contributed by atoms with Gasteiger partial charge in [0.15, 0.2) is 5.82 Å². The third-order valence-electron chi connectivity index (χ3n) is 5.21. The number of non-ortho nitro benzene ring substituents is 1. The molecule has 0 unspecified atom stereocenters. The van der Waals surface area contributed by atoms with Crippen LogP contribution in [-0.4, -0.2) is 75.7 Å². The zero-order chi connectivity index (χ0) is 27.5. The van der Waals surface area contributed by atoms with Gasteiger partial charge in [0.25, 0.3) is 5.69 Å². The maximum Gasteiger partial charge on any atom is 0.270 e. The monoisotopic (exact) mass is 523 g/mol. The van der Waals surface area contributed by atoms with Crippen molar-refractivity contribution in [2.45, 2.75) is 6.92 Å². The first-order valence-electron chi connectivity index (χ1n) is 11.9. The van der Waals surface area contributed by atoms with Crippen LogP contribution in [0, 0.1) is 17.0 Å². The van der Waals surface area contributed by atoms with Gasteiger partial charge in [-0.15, -0.1) is 0 Å². The largest absolute Gasteiger partial charge is 0.491 e. The van der Waals surface area contributed by atoms with Crippen LogP contribution in [0.2, 0.25) is 0 Å². The highest BCUT2D eigenvalue weighted by Crippen LogP contribution is 2.23. The second kappa shape index (κ2) is 13.7. The van der Waals surface area contributed by atoms with Gasteiger partial charge in [0.1, 0.15) is 30.5 Å². The summed E-state index contributed by atoms with van der Waals surface area (Å²) in [5, 5.41) is 15.5. The van der Waals surface area contributed by atoms with Crippen molar-refractivity contribution in [3.05, 3.63) is 69.8 Å². The molecular weight excluding hydrogens is 490 g/mol. The van der Waals surface area contributed by atoms with Crippen molar-refractivity contribution in [3.63, 3.8) is 0 Å². The summed E-state index contributed by atoms with van der Waals surface area (Å²) in [6, 6.07) is 13.9. The number of hydrazone groups is 1. The number of hydrogen-bond donors (Lipinski definition) is 1. The number of rotatable bonds is 14. The van der Waals surface area contributed by atoms with Gasteiger partial charge in [-0.05, 0) is 24.6 Å². The Balaban J connectivity index is 1.58. The number of para-hydroxylation sites is 1. The lowest BCUT2D eigenvalue weighted by molar-refractivity contribution is -0.384. The van der Waals surface area contributed by atoms with Gasteiger partial charge in [0.2, 0.25) is 5.95 Å². The van der Waals surface area contributed by atoms with Crippen LogP contribution < -0.4 is 24.7 Å². The molecule has 1 N–H and O–H groups in total. The first-order chi connectivity index (χ1) is 18.2. The minimum Gasteiger partial charge on any atom is -0.491 e. The van der Waals surface area contributed by atoms with Gasteiger partial charge < -0.3 is 24.0 Å². The lowest BCUT2D eigenvalue weighted by atomic mass is 10.2. The van der Waals surface area contributed by atoms with E-state index < -0.39 is 4.92 Å². The van der Waals surface area contributed by atoms with E-state index in [2.05, 4.69) is 20.5 Å². The molecule has 0 aliphatic carbocycles. The molecule has 3 rings (SSSR count). The van der Waals surface area contributed by atoms with E-state index in [1.54, 1.807) is 17.0 Å². The fraction of sp³-hybridized carbons (Fsp3) is 0.346. The van der Waals surface area contributed by atoms with Gasteiger partial charge in [-0.25, -0.2) is 0 Å². The third-order valence-corrected chi connectivity index (χ3v) is 5.21. The molecule has 2 aromatic carbocycles. The molecule has 1 aromatic heterocycles. The number of aromatic nitrogens is 2. The van der Waals surface area contributed by atoms with Crippen LogP contribution in [0.4, 0.5) is 23.3 Å². The van der Waals surface area contributed by atoms with Gasteiger partial charge in [-0.3, -0.25) is 15.5 Å². The highest BCUT2D eigenvalue weighted by molar-refractivity contribution is 5.85. The molecule has 0 saturated carbocycles. The van der Waals surface area contributed by atoms with Crippen LogP contribution in [0.5, 0.6) is 11.5 Å². The second-order valence-corrected chi connectivity index (χ2v) is 8.62. The maximum atomic E-state index is 11.3. The second-order valence-electron chi connectivity index (χ2n) is 8.62. The normalized spacial score (nSPS) is 10.9. The van der Waals surface area contributed by atoms with Crippen LogP contribution in [-0.2, 0) is 4.74 Å². The molecule has 12 heteroatoms. The first-order valence-corrected chi connectivity index (χ1v) is 11.9. The quantitative estimate of drug-likeness (QED) is 0.144. The molecule has 0 radical (unpaired) electrons. The number of ether oxygens (including phenoxy) is 3. The third kappa shape index (κ3) is 8.30. The average molecular weight is 524 g/mol. The Morgan fingerprint density at radius 2 is 1.66 bits per heavy atom. The van der Waals surface area contributed by atoms with Gasteiger partial charge in [-0.2, -0.15) is 15.1 Å². The Hall–Kier alpha value is -4.45. The highest BCUT2D eigenvalue weighted by atomic mass is 16.6. The van der Waals surface area contributed by atoms with Crippen LogP contribution in [0.15, 0.2) is 53.6 Å². The Bertz CT molecular complexity index is 1220. The van der Waals surface area contributed by atoms with Crippen molar-refractivity contribution in [3.8, 4) is 11.5 Å². The topological polar surface area (TPSA) is 127 Å². The number of benzene rings is 2. The van der Waals surface area contributed by atoms with E-state index in [1.165, 1.54) is 18.3 Å². The predicted octanol–water partition coefficient (Wildman–Crippen LogP) is 3.75. The van der Waals surface area contributed by atoms with E-state index in [9.17, 15) is 10.1 Å². The lowest BCUT2D eigenvalue weighted by Crippen LogP contribution is -2.17. The van der Waals surface area contributed by atoms with Gasteiger partial charge in [0, 0.05) is 52.0 Å². The molecule has 1 heterocycles. The Morgan fingerprint density at radius 3 is 2.32 bits per heavy atom. The predicted molar refractivity (Wildman–Crippen MR) is 148 cm³/mol. The Kier molecular flexibility index (Phi) is 10.2. The van der Waals surface area contributed by atoms with Crippen LogP contribution in [0.3, 0.4) is 0 Å². The SMILES string of the molecule is Cc1ccccc1OCCOCCOc1ccc([N+](=O)[O-])cc1/C=N\Nc1cc(N(C)C)nc(N(C)C)n1. The van der Waals surface area contributed by atoms with E-state index in [1.807, 2.05) is 64.3 Å². The summed E-state index contributed by atoms with van der Waals surface area (Å²) >= 11 is 0. The summed E-state index contributed by atoms with van der Waals surface area (Å²) in [5.74, 6) is 2.95. The number of aryl methyl sites for hydroxylation is 1. The average Bonchev–Trinajstić information content (AvgIpc) is 2.89. The molecule has 0 bridgehead atoms. The van der Waals surface area contributed by atoms with Crippen molar-refractivity contribution in [1.82, 2.24) is 9.97 Å². The molecule has 0 aliphatic rings. The van der Waals surface area contributed by atoms with Crippen molar-refractivity contribution in [2.75, 3.05) is 69.8 Å². The van der Waals surface area contributed by atoms with Gasteiger partial charge >= 0.3 is 0 Å². The molecule has 0 atom stereocenters. The molecule has 202 valence electrons. The Labute approximate surface area is 222 Å². The molecule has 0 spiro atoms. The van der Waals surface area contributed by atoms with Crippen molar-refractivity contribution < 1.29 is 19.1 Å². The summed E-state index contributed by atoms with van der Waals surface area (Å²) < 4.78 is 17.1. The smallest absolute Gasteiger partial charge is 0.270 e. The molecular formula is C26H33N7O5. The summed E-state index contributed by atoms with van der Waals surface area (Å²) in [5.41, 5.74) is 4.29. The number of nitro benzene ring substituents is 1. The maximum absolute atomic E-state index is 11.3. The number of hydrogen-bond acceptors (Lipinski definition) is 11. The molecule has 0 fully saturated rings. The summed E-state index contributed by atoms with van der Waals surface area (Å²) in [6.07, 6.45) is 1.45. The van der Waals surface area contributed by atoms with Crippen molar-refractivity contribution in [2.24, 2.45) is 5.10 Å². The fourth-order valence-corrected chi connectivity index (χ4v) is 3.20. The van der Waals surface area contributed by atoms with Gasteiger partial charge in [0.05, 0.1) is 24.4 Å². The number of nitrogens with zero attached hydrogens (tertiary/aromatic N) is 6. The standard InChI is InChI=1S/C26H33N7O5/c1-19-8-6-7-9-22(19)37-14-12-36-13-15-38-23-11-10-21(33(34)35)16-20(23)18-27-30-24-17-25(31(2)3)29-26(28-24)32(4)5/h6-11,16-18H,12-15H2,1-5H3,(H,28,29,30)/b27-18-. The van der Waals surface area contributed by atoms with Crippen LogP contribution in [0.25, 0.3) is 0 Å². The van der Waals surface area contributed by atoms with Gasteiger partial charge in [-0.1, -0.05) is 18.2 Å². The zero-order valence-corrected chi connectivity index (χ0v) is 22.2. The molecule has 0 aliphatic heterocycles. The first kappa shape index (κ1) is 28.1. The summed E-state index contributed by atoms with van der Waals surface area (Å²) in [4.78, 5) is 23.3. The molecule has 38 heavy (non-hydrogen) atoms. The molecule has 0 saturated heterocycles. The van der Waals surface area contributed by atoms with Crippen LogP contribution >= 0.6 is 0 Å². The Morgan fingerprint density at radius 1 is 0.947 bits per heavy atom. The lowest BCUT2D eigenvalue weighted by Gasteiger charge is -2.17. The van der Waals surface area contributed by atoms with E-state index in [-0.39, 0.29) is 12.3 Å². The fourth-order valence-electron chi connectivity index (χ4n) is 3.20. The summed E-state index contributed by atoms with van der Waals surface area (Å²) in [7, 11) is 7.44. The molecule has 12 nitrogen and oxygen atoms in total. The van der Waals surface area contributed by atoms with Crippen LogP contribution in [0.1, 0.15) is 11.1 Å². The van der Waals surface area contributed by atoms with E-state index in [0.717, 1.165) is 11.3 Å². The summed E-state index contributed by atoms with van der Waals surface area (Å²) in [6.45, 7) is 3.38. The van der Waals surface area contributed by atoms with E-state index in [0.29, 0.717) is 48.7 Å². The highest BCUT2D eigenvalue weighted by Gasteiger charge is 2.12. The number of nitrogens with one attached hydrogen (secondary N) is 1. The number of anilines is 3.